The van der Waals surface area contributed by atoms with Crippen LogP contribution in [0.5, 0.6) is 0 Å². The molecule has 0 radical (unpaired) electrons. The van der Waals surface area contributed by atoms with E-state index in [1.54, 1.807) is 12.0 Å². The van der Waals surface area contributed by atoms with E-state index >= 15 is 0 Å². The number of amides is 1. The fourth-order valence-electron chi connectivity index (χ4n) is 2.21. The Bertz CT molecular complexity index is 290. The van der Waals surface area contributed by atoms with Crippen molar-refractivity contribution in [1.29, 1.82) is 0 Å². The highest BCUT2D eigenvalue weighted by Crippen LogP contribution is 2.30. The van der Waals surface area contributed by atoms with Crippen LogP contribution in [0.25, 0.3) is 0 Å². The molecular weight excluding hydrogens is 246 g/mol. The lowest BCUT2D eigenvalue weighted by Gasteiger charge is -2.41. The smallest absolute Gasteiger partial charge is 0.410 e. The van der Waals surface area contributed by atoms with Crippen molar-refractivity contribution >= 4 is 6.09 Å². The minimum Gasteiger partial charge on any atom is -0.444 e. The van der Waals surface area contributed by atoms with Crippen molar-refractivity contribution in [2.45, 2.75) is 58.2 Å². The van der Waals surface area contributed by atoms with E-state index in [9.17, 15) is 4.79 Å². The Hall–Kier alpha value is -0.810. The topological polar surface area (TPSA) is 48.0 Å². The highest BCUT2D eigenvalue weighted by Gasteiger charge is 2.36. The summed E-state index contributed by atoms with van der Waals surface area (Å²) >= 11 is 0. The number of ether oxygens (including phenoxy) is 3. The number of piperidine rings is 1. The van der Waals surface area contributed by atoms with Gasteiger partial charge in [0.2, 0.25) is 0 Å². The summed E-state index contributed by atoms with van der Waals surface area (Å²) in [4.78, 5) is 13.7. The molecule has 0 spiro atoms. The van der Waals surface area contributed by atoms with E-state index in [2.05, 4.69) is 6.92 Å². The van der Waals surface area contributed by atoms with Crippen LogP contribution in [0.3, 0.4) is 0 Å². The van der Waals surface area contributed by atoms with Gasteiger partial charge in [0.05, 0.1) is 5.60 Å². The van der Waals surface area contributed by atoms with Gasteiger partial charge in [0.25, 0.3) is 0 Å². The summed E-state index contributed by atoms with van der Waals surface area (Å²) in [5.41, 5.74) is -0.600. The first-order chi connectivity index (χ1) is 8.82. The lowest BCUT2D eigenvalue weighted by atomic mass is 9.89. The van der Waals surface area contributed by atoms with E-state index in [1.165, 1.54) is 0 Å². The van der Waals surface area contributed by atoms with Gasteiger partial charge < -0.3 is 19.1 Å². The van der Waals surface area contributed by atoms with E-state index in [0.717, 1.165) is 19.3 Å². The molecule has 5 heteroatoms. The zero-order valence-electron chi connectivity index (χ0n) is 12.8. The summed E-state index contributed by atoms with van der Waals surface area (Å²) in [6, 6.07) is 0. The maximum atomic E-state index is 12.0. The third kappa shape index (κ3) is 4.99. The molecule has 1 heterocycles. The van der Waals surface area contributed by atoms with Crippen LogP contribution in [0.4, 0.5) is 4.79 Å². The van der Waals surface area contributed by atoms with Crippen LogP contribution in [0.15, 0.2) is 0 Å². The molecule has 0 aromatic rings. The van der Waals surface area contributed by atoms with E-state index in [-0.39, 0.29) is 11.7 Å². The summed E-state index contributed by atoms with van der Waals surface area (Å²) in [5, 5.41) is 0. The first kappa shape index (κ1) is 16.2. The molecule has 0 unspecified atom stereocenters. The van der Waals surface area contributed by atoms with Gasteiger partial charge in [-0.3, -0.25) is 0 Å². The summed E-state index contributed by atoms with van der Waals surface area (Å²) < 4.78 is 16.2. The van der Waals surface area contributed by atoms with Crippen molar-refractivity contribution in [2.75, 3.05) is 27.0 Å². The number of hydrogen-bond donors (Lipinski definition) is 0. The normalized spacial score (nSPS) is 19.3. The van der Waals surface area contributed by atoms with E-state index in [4.69, 9.17) is 14.2 Å². The Balaban J connectivity index is 2.49. The quantitative estimate of drug-likeness (QED) is 0.739. The van der Waals surface area contributed by atoms with Crippen molar-refractivity contribution in [3.63, 3.8) is 0 Å². The third-order valence-corrected chi connectivity index (χ3v) is 3.45. The summed E-state index contributed by atoms with van der Waals surface area (Å²) in [7, 11) is 1.62. The number of carbonyl (C=O) groups is 1. The Morgan fingerprint density at radius 1 is 1.26 bits per heavy atom. The van der Waals surface area contributed by atoms with Crippen LogP contribution < -0.4 is 0 Å². The monoisotopic (exact) mass is 273 g/mol. The molecule has 1 aliphatic heterocycles. The first-order valence-electron chi connectivity index (χ1n) is 6.93. The van der Waals surface area contributed by atoms with Crippen LogP contribution in [0.2, 0.25) is 0 Å². The SMILES string of the molecule is CCC1(OCOC)CCN(C(=O)OC(C)(C)C)CC1. The molecular formula is C14H27NO4. The molecule has 5 nitrogen and oxygen atoms in total. The fourth-order valence-corrected chi connectivity index (χ4v) is 2.21. The summed E-state index contributed by atoms with van der Waals surface area (Å²) in [6.07, 6.45) is 2.35. The molecule has 0 bridgehead atoms. The van der Waals surface area contributed by atoms with Gasteiger partial charge in [-0.1, -0.05) is 6.92 Å². The number of carbonyl (C=O) groups excluding carboxylic acids is 1. The standard InChI is InChI=1S/C14H27NO4/c1-6-14(18-11-17-5)7-9-15(10-8-14)12(16)19-13(2,3)4/h6-11H2,1-5H3. The van der Waals surface area contributed by atoms with Crippen LogP contribution in [0.1, 0.15) is 47.0 Å². The Labute approximate surface area is 116 Å². The van der Waals surface area contributed by atoms with Gasteiger partial charge in [-0.2, -0.15) is 0 Å². The predicted octanol–water partition coefficient (Wildman–Crippen LogP) is 2.79. The largest absolute Gasteiger partial charge is 0.444 e. The van der Waals surface area contributed by atoms with Gasteiger partial charge in [0, 0.05) is 20.2 Å². The van der Waals surface area contributed by atoms with Crippen molar-refractivity contribution in [2.24, 2.45) is 0 Å². The van der Waals surface area contributed by atoms with Crippen molar-refractivity contribution in [1.82, 2.24) is 4.90 Å². The number of rotatable bonds is 4. The molecule has 1 rings (SSSR count). The molecule has 19 heavy (non-hydrogen) atoms. The van der Waals surface area contributed by atoms with Crippen molar-refractivity contribution in [3.05, 3.63) is 0 Å². The zero-order chi connectivity index (χ0) is 14.5. The van der Waals surface area contributed by atoms with Crippen LogP contribution in [-0.2, 0) is 14.2 Å². The first-order valence-corrected chi connectivity index (χ1v) is 6.93. The average molecular weight is 273 g/mol. The maximum Gasteiger partial charge on any atom is 0.410 e. The number of methoxy groups -OCH3 is 1. The molecule has 0 aliphatic carbocycles. The summed E-state index contributed by atoms with van der Waals surface area (Å²) in [5.74, 6) is 0. The molecule has 0 aromatic carbocycles. The Morgan fingerprint density at radius 3 is 2.26 bits per heavy atom. The lowest BCUT2D eigenvalue weighted by molar-refractivity contribution is -0.152. The molecule has 0 atom stereocenters. The molecule has 0 aromatic heterocycles. The minimum atomic E-state index is -0.442. The lowest BCUT2D eigenvalue weighted by Crippen LogP contribution is -2.49. The second-order valence-corrected chi connectivity index (χ2v) is 6.05. The Kier molecular flexibility index (Phi) is 5.62. The van der Waals surface area contributed by atoms with Crippen molar-refractivity contribution in [3.8, 4) is 0 Å². The number of hydrogen-bond acceptors (Lipinski definition) is 4. The second-order valence-electron chi connectivity index (χ2n) is 6.05. The zero-order valence-corrected chi connectivity index (χ0v) is 12.8. The molecule has 1 amide bonds. The van der Waals surface area contributed by atoms with Crippen LogP contribution in [-0.4, -0.2) is 49.2 Å². The maximum absolute atomic E-state index is 12.0. The van der Waals surface area contributed by atoms with Gasteiger partial charge >= 0.3 is 6.09 Å². The molecule has 0 N–H and O–H groups in total. The molecule has 1 saturated heterocycles. The average Bonchev–Trinajstić information content (AvgIpc) is 2.35. The molecule has 1 aliphatic rings. The molecule has 112 valence electrons. The van der Waals surface area contributed by atoms with Gasteiger partial charge in [0.1, 0.15) is 12.4 Å². The van der Waals surface area contributed by atoms with Gasteiger partial charge in [-0.15, -0.1) is 0 Å². The van der Waals surface area contributed by atoms with E-state index < -0.39 is 5.60 Å². The highest BCUT2D eigenvalue weighted by molar-refractivity contribution is 5.68. The number of likely N-dealkylation sites (tertiary alicyclic amines) is 1. The minimum absolute atomic E-state index is 0.158. The van der Waals surface area contributed by atoms with Crippen LogP contribution >= 0.6 is 0 Å². The summed E-state index contributed by atoms with van der Waals surface area (Å²) in [6.45, 7) is 9.41. The van der Waals surface area contributed by atoms with Gasteiger partial charge in [0.15, 0.2) is 0 Å². The Morgan fingerprint density at radius 2 is 1.84 bits per heavy atom. The van der Waals surface area contributed by atoms with Gasteiger partial charge in [-0.25, -0.2) is 4.79 Å². The van der Waals surface area contributed by atoms with E-state index in [1.807, 2.05) is 20.8 Å². The molecule has 1 fully saturated rings. The third-order valence-electron chi connectivity index (χ3n) is 3.45. The predicted molar refractivity (Wildman–Crippen MR) is 73.0 cm³/mol. The van der Waals surface area contributed by atoms with Crippen LogP contribution in [0, 0.1) is 0 Å². The second kappa shape index (κ2) is 6.57. The molecule has 0 saturated carbocycles. The fraction of sp³-hybridized carbons (Fsp3) is 0.929. The van der Waals surface area contributed by atoms with E-state index in [0.29, 0.717) is 19.9 Å². The van der Waals surface area contributed by atoms with Gasteiger partial charge in [-0.05, 0) is 40.0 Å². The number of nitrogens with zero attached hydrogens (tertiary/aromatic N) is 1. The highest BCUT2D eigenvalue weighted by atomic mass is 16.7. The van der Waals surface area contributed by atoms with Crippen molar-refractivity contribution < 1.29 is 19.0 Å².